The SMILES string of the molecule is O=C(O)c1cccn1-c1ccc(OC(F)F)cc1. The summed E-state index contributed by atoms with van der Waals surface area (Å²) in [5.41, 5.74) is 0.650. The lowest BCUT2D eigenvalue weighted by molar-refractivity contribution is -0.0498. The van der Waals surface area contributed by atoms with E-state index in [0.717, 1.165) is 0 Å². The number of alkyl halides is 2. The molecule has 94 valence electrons. The quantitative estimate of drug-likeness (QED) is 0.911. The van der Waals surface area contributed by atoms with Gasteiger partial charge in [0.25, 0.3) is 0 Å². The molecule has 0 aliphatic heterocycles. The number of carboxylic acids is 1. The average molecular weight is 253 g/mol. The van der Waals surface area contributed by atoms with Crippen LogP contribution in [0.1, 0.15) is 10.5 Å². The highest BCUT2D eigenvalue weighted by molar-refractivity contribution is 5.86. The molecule has 1 aromatic carbocycles. The minimum atomic E-state index is -2.88. The fourth-order valence-electron chi connectivity index (χ4n) is 1.57. The molecule has 6 heteroatoms. The summed E-state index contributed by atoms with van der Waals surface area (Å²) in [6.07, 6.45) is 1.58. The third-order valence-corrected chi connectivity index (χ3v) is 2.31. The molecule has 0 radical (unpaired) electrons. The van der Waals surface area contributed by atoms with Crippen LogP contribution in [0.15, 0.2) is 42.6 Å². The minimum Gasteiger partial charge on any atom is -0.477 e. The Kier molecular flexibility index (Phi) is 3.27. The van der Waals surface area contributed by atoms with Crippen molar-refractivity contribution in [3.63, 3.8) is 0 Å². The summed E-state index contributed by atoms with van der Waals surface area (Å²) in [5.74, 6) is -1.04. The van der Waals surface area contributed by atoms with Crippen LogP contribution in [-0.2, 0) is 0 Å². The van der Waals surface area contributed by atoms with E-state index in [4.69, 9.17) is 5.11 Å². The van der Waals surface area contributed by atoms with E-state index < -0.39 is 12.6 Å². The summed E-state index contributed by atoms with van der Waals surface area (Å²) in [7, 11) is 0. The van der Waals surface area contributed by atoms with Crippen LogP contribution in [-0.4, -0.2) is 22.3 Å². The first kappa shape index (κ1) is 12.1. The van der Waals surface area contributed by atoms with Crippen molar-refractivity contribution in [3.8, 4) is 11.4 Å². The molecule has 0 fully saturated rings. The van der Waals surface area contributed by atoms with Crippen molar-refractivity contribution >= 4 is 5.97 Å². The van der Waals surface area contributed by atoms with Gasteiger partial charge in [-0.25, -0.2) is 4.79 Å². The third-order valence-electron chi connectivity index (χ3n) is 2.31. The van der Waals surface area contributed by atoms with Crippen molar-refractivity contribution in [3.05, 3.63) is 48.3 Å². The van der Waals surface area contributed by atoms with Crippen LogP contribution in [0.4, 0.5) is 8.78 Å². The second kappa shape index (κ2) is 4.87. The highest BCUT2D eigenvalue weighted by atomic mass is 19.3. The number of hydrogen-bond donors (Lipinski definition) is 1. The third kappa shape index (κ3) is 2.48. The van der Waals surface area contributed by atoms with Crippen LogP contribution >= 0.6 is 0 Å². The molecular weight excluding hydrogens is 244 g/mol. The zero-order valence-electron chi connectivity index (χ0n) is 9.09. The Morgan fingerprint density at radius 3 is 2.44 bits per heavy atom. The van der Waals surface area contributed by atoms with Gasteiger partial charge in [0.1, 0.15) is 11.4 Å². The molecule has 18 heavy (non-hydrogen) atoms. The molecule has 0 atom stereocenters. The van der Waals surface area contributed by atoms with E-state index in [1.807, 2.05) is 0 Å². The van der Waals surface area contributed by atoms with E-state index in [0.29, 0.717) is 5.69 Å². The molecule has 1 aromatic heterocycles. The number of halogens is 2. The largest absolute Gasteiger partial charge is 0.477 e. The van der Waals surface area contributed by atoms with Gasteiger partial charge in [0.2, 0.25) is 0 Å². The highest BCUT2D eigenvalue weighted by Crippen LogP contribution is 2.19. The maximum absolute atomic E-state index is 12.0. The number of benzene rings is 1. The van der Waals surface area contributed by atoms with E-state index >= 15 is 0 Å². The molecular formula is C12H9F2NO3. The van der Waals surface area contributed by atoms with Gasteiger partial charge in [0.15, 0.2) is 0 Å². The first-order valence-electron chi connectivity index (χ1n) is 5.04. The summed E-state index contributed by atoms with van der Waals surface area (Å²) < 4.78 is 29.6. The molecule has 0 amide bonds. The predicted octanol–water partition coefficient (Wildman–Crippen LogP) is 2.78. The van der Waals surface area contributed by atoms with Crippen molar-refractivity contribution in [2.75, 3.05) is 0 Å². The molecule has 1 heterocycles. The van der Waals surface area contributed by atoms with Crippen LogP contribution in [0.25, 0.3) is 5.69 Å². The van der Waals surface area contributed by atoms with E-state index in [2.05, 4.69) is 4.74 Å². The second-order valence-electron chi connectivity index (χ2n) is 3.44. The summed E-state index contributed by atoms with van der Waals surface area (Å²) in [4.78, 5) is 10.9. The second-order valence-corrected chi connectivity index (χ2v) is 3.44. The monoisotopic (exact) mass is 253 g/mol. The van der Waals surface area contributed by atoms with Gasteiger partial charge in [-0.05, 0) is 36.4 Å². The number of hydrogen-bond acceptors (Lipinski definition) is 2. The van der Waals surface area contributed by atoms with E-state index in [1.54, 1.807) is 12.3 Å². The highest BCUT2D eigenvalue weighted by Gasteiger charge is 2.10. The maximum atomic E-state index is 12.0. The molecule has 0 saturated heterocycles. The lowest BCUT2D eigenvalue weighted by Gasteiger charge is -2.08. The standard InChI is InChI=1S/C12H9F2NO3/c13-12(14)18-9-5-3-8(4-6-9)15-7-1-2-10(15)11(16)17/h1-7,12H,(H,16,17). The zero-order chi connectivity index (χ0) is 13.1. The molecule has 0 unspecified atom stereocenters. The number of rotatable bonds is 4. The van der Waals surface area contributed by atoms with Gasteiger partial charge in [0, 0.05) is 11.9 Å². The van der Waals surface area contributed by atoms with Crippen LogP contribution in [0, 0.1) is 0 Å². The lowest BCUT2D eigenvalue weighted by Crippen LogP contribution is -2.06. The Hall–Kier alpha value is -2.37. The van der Waals surface area contributed by atoms with E-state index in [-0.39, 0.29) is 11.4 Å². The topological polar surface area (TPSA) is 51.5 Å². The number of aromatic nitrogens is 1. The van der Waals surface area contributed by atoms with Gasteiger partial charge in [-0.3, -0.25) is 0 Å². The number of nitrogens with zero attached hydrogens (tertiary/aromatic N) is 1. The number of carboxylic acid groups (broad SMARTS) is 1. The van der Waals surface area contributed by atoms with Gasteiger partial charge in [-0.1, -0.05) is 0 Å². The number of ether oxygens (including phenoxy) is 1. The predicted molar refractivity (Wildman–Crippen MR) is 59.4 cm³/mol. The number of aromatic carboxylic acids is 1. The van der Waals surface area contributed by atoms with E-state index in [1.165, 1.54) is 34.9 Å². The first-order chi connectivity index (χ1) is 8.58. The smallest absolute Gasteiger partial charge is 0.387 e. The van der Waals surface area contributed by atoms with Crippen LogP contribution in [0.3, 0.4) is 0 Å². The summed E-state index contributed by atoms with van der Waals surface area (Å²) in [5, 5.41) is 8.94. The fraction of sp³-hybridized carbons (Fsp3) is 0.0833. The molecule has 0 spiro atoms. The maximum Gasteiger partial charge on any atom is 0.387 e. The van der Waals surface area contributed by atoms with Gasteiger partial charge in [0.05, 0.1) is 0 Å². The van der Waals surface area contributed by atoms with Gasteiger partial charge < -0.3 is 14.4 Å². The van der Waals surface area contributed by atoms with Gasteiger partial charge >= 0.3 is 12.6 Å². The van der Waals surface area contributed by atoms with Crippen LogP contribution in [0.2, 0.25) is 0 Å². The molecule has 2 aromatic rings. The van der Waals surface area contributed by atoms with Crippen molar-refractivity contribution in [2.24, 2.45) is 0 Å². The van der Waals surface area contributed by atoms with Crippen LogP contribution < -0.4 is 4.74 Å². The van der Waals surface area contributed by atoms with Crippen LogP contribution in [0.5, 0.6) is 5.75 Å². The summed E-state index contributed by atoms with van der Waals surface area (Å²) >= 11 is 0. The molecule has 0 aliphatic rings. The summed E-state index contributed by atoms with van der Waals surface area (Å²) in [6, 6.07) is 8.76. The Morgan fingerprint density at radius 1 is 1.22 bits per heavy atom. The normalized spacial score (nSPS) is 10.6. The Morgan fingerprint density at radius 2 is 1.89 bits per heavy atom. The first-order valence-corrected chi connectivity index (χ1v) is 5.04. The molecule has 0 bridgehead atoms. The molecule has 4 nitrogen and oxygen atoms in total. The Balaban J connectivity index is 2.29. The molecule has 2 rings (SSSR count). The molecule has 1 N–H and O–H groups in total. The van der Waals surface area contributed by atoms with Gasteiger partial charge in [-0.15, -0.1) is 0 Å². The Bertz CT molecular complexity index is 549. The van der Waals surface area contributed by atoms with Crippen molar-refractivity contribution in [1.29, 1.82) is 0 Å². The number of carbonyl (C=O) groups is 1. The average Bonchev–Trinajstić information content (AvgIpc) is 2.78. The van der Waals surface area contributed by atoms with Crippen molar-refractivity contribution in [2.45, 2.75) is 6.61 Å². The van der Waals surface area contributed by atoms with Crippen molar-refractivity contribution < 1.29 is 23.4 Å². The van der Waals surface area contributed by atoms with Gasteiger partial charge in [-0.2, -0.15) is 8.78 Å². The van der Waals surface area contributed by atoms with E-state index in [9.17, 15) is 13.6 Å². The minimum absolute atomic E-state index is 0.0257. The molecule has 0 saturated carbocycles. The zero-order valence-corrected chi connectivity index (χ0v) is 9.09. The fourth-order valence-corrected chi connectivity index (χ4v) is 1.57. The van der Waals surface area contributed by atoms with Crippen molar-refractivity contribution in [1.82, 2.24) is 4.57 Å². The summed E-state index contributed by atoms with van der Waals surface area (Å²) in [6.45, 7) is -2.88. The molecule has 0 aliphatic carbocycles. The lowest BCUT2D eigenvalue weighted by atomic mass is 10.3. The Labute approximate surface area is 101 Å².